The monoisotopic (exact) mass is 199 g/mol. The van der Waals surface area contributed by atoms with Crippen LogP contribution < -0.4 is 10.5 Å². The van der Waals surface area contributed by atoms with Gasteiger partial charge in [0.2, 0.25) is 0 Å². The second kappa shape index (κ2) is 3.99. The quantitative estimate of drug-likeness (QED) is 0.795. The minimum Gasteiger partial charge on any atom is -0.496 e. The molecule has 2 N–H and O–H groups in total. The van der Waals surface area contributed by atoms with Gasteiger partial charge in [-0.1, -0.05) is 11.6 Å². The van der Waals surface area contributed by atoms with Crippen LogP contribution in [0.5, 0.6) is 5.75 Å². The average Bonchev–Trinajstić information content (AvgIpc) is 2.02. The Bertz CT molecular complexity index is 310. The second-order valence-electron chi connectivity index (χ2n) is 3.13. The van der Waals surface area contributed by atoms with E-state index in [1.54, 1.807) is 7.11 Å². The molecular weight excluding hydrogens is 186 g/mol. The van der Waals surface area contributed by atoms with Gasteiger partial charge < -0.3 is 10.5 Å². The fraction of sp³-hybridized carbons (Fsp3) is 0.400. The molecule has 1 atom stereocenters. The normalized spacial score (nSPS) is 12.7. The van der Waals surface area contributed by atoms with Crippen molar-refractivity contribution in [2.75, 3.05) is 7.11 Å². The van der Waals surface area contributed by atoms with E-state index in [1.165, 1.54) is 0 Å². The summed E-state index contributed by atoms with van der Waals surface area (Å²) in [5, 5.41) is 0.700. The lowest BCUT2D eigenvalue weighted by Crippen LogP contribution is -2.07. The lowest BCUT2D eigenvalue weighted by molar-refractivity contribution is 0.404. The lowest BCUT2D eigenvalue weighted by Gasteiger charge is -2.14. The van der Waals surface area contributed by atoms with Crippen molar-refractivity contribution in [2.24, 2.45) is 5.73 Å². The molecule has 3 heteroatoms. The molecule has 0 aliphatic heterocycles. The van der Waals surface area contributed by atoms with Crippen molar-refractivity contribution in [3.05, 3.63) is 28.3 Å². The molecule has 0 saturated carbocycles. The Kier molecular flexibility index (Phi) is 3.17. The van der Waals surface area contributed by atoms with Crippen LogP contribution in [-0.2, 0) is 0 Å². The standard InChI is InChI=1S/C10H14ClNO/c1-6-4-8(11)5-9(7(2)12)10(6)13-3/h4-5,7H,12H2,1-3H3. The summed E-state index contributed by atoms with van der Waals surface area (Å²) >= 11 is 5.91. The Labute approximate surface area is 83.6 Å². The Balaban J connectivity index is 3.29. The zero-order chi connectivity index (χ0) is 10.0. The van der Waals surface area contributed by atoms with Crippen molar-refractivity contribution in [3.8, 4) is 5.75 Å². The highest BCUT2D eigenvalue weighted by molar-refractivity contribution is 6.30. The zero-order valence-electron chi connectivity index (χ0n) is 8.10. The molecule has 13 heavy (non-hydrogen) atoms. The second-order valence-corrected chi connectivity index (χ2v) is 3.57. The number of hydrogen-bond acceptors (Lipinski definition) is 2. The van der Waals surface area contributed by atoms with Crippen molar-refractivity contribution in [1.29, 1.82) is 0 Å². The summed E-state index contributed by atoms with van der Waals surface area (Å²) in [6.45, 7) is 3.87. The van der Waals surface area contributed by atoms with Crippen LogP contribution in [-0.4, -0.2) is 7.11 Å². The third kappa shape index (κ3) is 2.14. The van der Waals surface area contributed by atoms with Gasteiger partial charge in [0.1, 0.15) is 5.75 Å². The van der Waals surface area contributed by atoms with Crippen molar-refractivity contribution in [1.82, 2.24) is 0 Å². The SMILES string of the molecule is COc1c(C)cc(Cl)cc1C(C)N. The fourth-order valence-electron chi connectivity index (χ4n) is 1.37. The van der Waals surface area contributed by atoms with Crippen LogP contribution in [0.25, 0.3) is 0 Å². The van der Waals surface area contributed by atoms with Crippen LogP contribution in [0.1, 0.15) is 24.1 Å². The third-order valence-corrected chi connectivity index (χ3v) is 2.18. The summed E-state index contributed by atoms with van der Waals surface area (Å²) in [4.78, 5) is 0. The minimum absolute atomic E-state index is 0.0626. The van der Waals surface area contributed by atoms with Gasteiger partial charge >= 0.3 is 0 Å². The van der Waals surface area contributed by atoms with Gasteiger partial charge in [0.15, 0.2) is 0 Å². The molecule has 72 valence electrons. The van der Waals surface area contributed by atoms with Gasteiger partial charge in [0, 0.05) is 16.6 Å². The topological polar surface area (TPSA) is 35.2 Å². The van der Waals surface area contributed by atoms with E-state index >= 15 is 0 Å². The highest BCUT2D eigenvalue weighted by Gasteiger charge is 2.10. The molecule has 0 aliphatic rings. The maximum atomic E-state index is 5.91. The Morgan fingerprint density at radius 1 is 1.46 bits per heavy atom. The smallest absolute Gasteiger partial charge is 0.126 e. The van der Waals surface area contributed by atoms with Gasteiger partial charge in [-0.2, -0.15) is 0 Å². The van der Waals surface area contributed by atoms with Crippen LogP contribution in [0, 0.1) is 6.92 Å². The first-order valence-corrected chi connectivity index (χ1v) is 4.53. The van der Waals surface area contributed by atoms with E-state index in [0.29, 0.717) is 5.02 Å². The summed E-state index contributed by atoms with van der Waals surface area (Å²) in [7, 11) is 1.64. The van der Waals surface area contributed by atoms with Crippen LogP contribution in [0.4, 0.5) is 0 Å². The Morgan fingerprint density at radius 3 is 2.54 bits per heavy atom. The van der Waals surface area contributed by atoms with Crippen molar-refractivity contribution in [2.45, 2.75) is 19.9 Å². The summed E-state index contributed by atoms with van der Waals surface area (Å²) < 4.78 is 5.25. The maximum absolute atomic E-state index is 5.91. The van der Waals surface area contributed by atoms with Crippen LogP contribution in [0.2, 0.25) is 5.02 Å². The number of ether oxygens (including phenoxy) is 1. The zero-order valence-corrected chi connectivity index (χ0v) is 8.85. The molecule has 1 aromatic carbocycles. The van der Waals surface area contributed by atoms with Crippen LogP contribution in [0.15, 0.2) is 12.1 Å². The highest BCUT2D eigenvalue weighted by Crippen LogP contribution is 2.30. The van der Waals surface area contributed by atoms with Crippen LogP contribution in [0.3, 0.4) is 0 Å². The maximum Gasteiger partial charge on any atom is 0.126 e. The van der Waals surface area contributed by atoms with Crippen molar-refractivity contribution < 1.29 is 4.74 Å². The molecular formula is C10H14ClNO. The van der Waals surface area contributed by atoms with E-state index < -0.39 is 0 Å². The number of aryl methyl sites for hydroxylation is 1. The van der Waals surface area contributed by atoms with Gasteiger partial charge in [-0.15, -0.1) is 0 Å². The van der Waals surface area contributed by atoms with E-state index in [1.807, 2.05) is 26.0 Å². The molecule has 1 rings (SSSR count). The fourth-order valence-corrected chi connectivity index (χ4v) is 1.65. The first kappa shape index (κ1) is 10.4. The molecule has 0 saturated heterocycles. The molecule has 1 unspecified atom stereocenters. The van der Waals surface area contributed by atoms with Gasteiger partial charge in [0.05, 0.1) is 7.11 Å². The summed E-state index contributed by atoms with van der Waals surface area (Å²) in [5.74, 6) is 0.833. The minimum atomic E-state index is -0.0626. The number of methoxy groups -OCH3 is 1. The number of hydrogen-bond donors (Lipinski definition) is 1. The summed E-state index contributed by atoms with van der Waals surface area (Å²) in [6, 6.07) is 3.65. The Hall–Kier alpha value is -0.730. The van der Waals surface area contributed by atoms with Gasteiger partial charge in [-0.05, 0) is 31.5 Å². The van der Waals surface area contributed by atoms with E-state index in [-0.39, 0.29) is 6.04 Å². The molecule has 0 bridgehead atoms. The number of nitrogens with two attached hydrogens (primary N) is 1. The predicted octanol–water partition coefficient (Wildman–Crippen LogP) is 2.68. The molecule has 2 nitrogen and oxygen atoms in total. The molecule has 0 aliphatic carbocycles. The summed E-state index contributed by atoms with van der Waals surface area (Å²) in [5.41, 5.74) is 7.76. The number of rotatable bonds is 2. The van der Waals surface area contributed by atoms with E-state index in [2.05, 4.69) is 0 Å². The summed E-state index contributed by atoms with van der Waals surface area (Å²) in [6.07, 6.45) is 0. The van der Waals surface area contributed by atoms with Crippen LogP contribution >= 0.6 is 11.6 Å². The molecule has 0 radical (unpaired) electrons. The predicted molar refractivity (Wildman–Crippen MR) is 55.3 cm³/mol. The Morgan fingerprint density at radius 2 is 2.08 bits per heavy atom. The first-order chi connectivity index (χ1) is 6.06. The molecule has 0 amide bonds. The lowest BCUT2D eigenvalue weighted by atomic mass is 10.0. The molecule has 1 aromatic rings. The largest absolute Gasteiger partial charge is 0.496 e. The average molecular weight is 200 g/mol. The highest BCUT2D eigenvalue weighted by atomic mass is 35.5. The van der Waals surface area contributed by atoms with Gasteiger partial charge in [-0.25, -0.2) is 0 Å². The molecule has 0 fully saturated rings. The molecule has 0 aromatic heterocycles. The van der Waals surface area contributed by atoms with E-state index in [9.17, 15) is 0 Å². The van der Waals surface area contributed by atoms with Gasteiger partial charge in [-0.3, -0.25) is 0 Å². The first-order valence-electron chi connectivity index (χ1n) is 4.16. The van der Waals surface area contributed by atoms with Gasteiger partial charge in [0.25, 0.3) is 0 Å². The molecule has 0 heterocycles. The van der Waals surface area contributed by atoms with E-state index in [0.717, 1.165) is 16.9 Å². The number of benzene rings is 1. The third-order valence-electron chi connectivity index (χ3n) is 1.96. The van der Waals surface area contributed by atoms with Crippen molar-refractivity contribution >= 4 is 11.6 Å². The van der Waals surface area contributed by atoms with E-state index in [4.69, 9.17) is 22.1 Å². The number of halogens is 1. The molecule has 0 spiro atoms. The van der Waals surface area contributed by atoms with Crippen molar-refractivity contribution in [3.63, 3.8) is 0 Å².